The molecule has 306 valence electrons. The smallest absolute Gasteiger partial charge is 0.270 e. The topological polar surface area (TPSA) is 90.4 Å². The number of benzene rings is 2. The lowest BCUT2D eigenvalue weighted by molar-refractivity contribution is 0.103. The molecule has 13 heteroatoms. The average molecular weight is 889 g/mol. The molecule has 0 aliphatic heterocycles. The van der Waals surface area contributed by atoms with Crippen LogP contribution < -0.4 is 0 Å². The largest absolute Gasteiger partial charge is 0.289 e. The fraction of sp³-hybridized carbons (Fsp3) is 0.240. The Morgan fingerprint density at radius 3 is 1.63 bits per heavy atom. The van der Waals surface area contributed by atoms with Crippen LogP contribution in [0.15, 0.2) is 64.5 Å². The summed E-state index contributed by atoms with van der Waals surface area (Å²) in [6, 6.07) is 9.21. The number of rotatable bonds is 2. The number of Topliss-reactive ketones (excluding diaryl/α,β-unsaturated/α-hetero) is 2. The summed E-state index contributed by atoms with van der Waals surface area (Å²) < 4.78 is 60.3. The maximum atomic E-state index is 14.7. The predicted octanol–water partition coefficient (Wildman–Crippen LogP) is 13.8. The van der Waals surface area contributed by atoms with E-state index in [4.69, 9.17) is 13.1 Å². The van der Waals surface area contributed by atoms with Gasteiger partial charge in [-0.05, 0) is 102 Å². The van der Waals surface area contributed by atoms with E-state index in [1.54, 1.807) is 34.8 Å². The minimum absolute atomic E-state index is 0.00557. The van der Waals surface area contributed by atoms with Crippen molar-refractivity contribution >= 4 is 78.3 Å². The number of thiophene rings is 3. The molecule has 0 amide bonds. The summed E-state index contributed by atoms with van der Waals surface area (Å²) >= 11 is 4.96. The lowest BCUT2D eigenvalue weighted by Gasteiger charge is -2.42. The molecule has 0 atom stereocenters. The second kappa shape index (κ2) is 14.0. The minimum Gasteiger partial charge on any atom is -0.289 e. The zero-order chi connectivity index (χ0) is 43.7. The van der Waals surface area contributed by atoms with Gasteiger partial charge in [0.1, 0.15) is 0 Å². The molecule has 63 heavy (non-hydrogen) atoms. The van der Waals surface area contributed by atoms with Crippen LogP contribution >= 0.6 is 34.0 Å². The van der Waals surface area contributed by atoms with E-state index in [0.717, 1.165) is 108 Å². The number of nitriles is 2. The molecule has 0 saturated heterocycles. The fourth-order valence-corrected chi connectivity index (χ4v) is 15.7. The summed E-state index contributed by atoms with van der Waals surface area (Å²) in [5, 5.41) is 19.9. The van der Waals surface area contributed by atoms with E-state index >= 15 is 0 Å². The van der Waals surface area contributed by atoms with Gasteiger partial charge in [-0.15, -0.1) is 34.0 Å². The van der Waals surface area contributed by atoms with Gasteiger partial charge in [-0.1, -0.05) is 38.5 Å². The highest BCUT2D eigenvalue weighted by molar-refractivity contribution is 7.32. The van der Waals surface area contributed by atoms with Crippen molar-refractivity contribution in [3.05, 3.63) is 159 Å². The monoisotopic (exact) mass is 888 g/mol. The third kappa shape index (κ3) is 5.28. The molecule has 6 aliphatic rings. The van der Waals surface area contributed by atoms with Crippen molar-refractivity contribution < 1.29 is 27.2 Å². The molecule has 2 spiro atoms. The number of ketones is 2. The molecule has 3 aromatic heterocycles. The normalized spacial score (nSPS) is 21.5. The summed E-state index contributed by atoms with van der Waals surface area (Å²) in [7, 11) is 0. The lowest BCUT2D eigenvalue weighted by Crippen LogP contribution is -2.35. The number of carbonyl (C=O) groups excluding carboxylic acids is 2. The number of hydrogen-bond acceptors (Lipinski definition) is 7. The van der Waals surface area contributed by atoms with Crippen molar-refractivity contribution in [3.63, 3.8) is 0 Å². The van der Waals surface area contributed by atoms with Gasteiger partial charge < -0.3 is 0 Å². The highest BCUT2D eigenvalue weighted by Crippen LogP contribution is 2.69. The third-order valence-electron chi connectivity index (χ3n) is 13.9. The van der Waals surface area contributed by atoms with Gasteiger partial charge in [0.05, 0.1) is 34.9 Å². The molecule has 2 saturated carbocycles. The Morgan fingerprint density at radius 1 is 0.619 bits per heavy atom. The molecule has 5 aromatic rings. The number of allylic oxidation sites excluding steroid dienone is 8. The molecule has 6 nitrogen and oxygen atoms in total. The van der Waals surface area contributed by atoms with Crippen LogP contribution in [0, 0.1) is 59.1 Å². The van der Waals surface area contributed by atoms with Gasteiger partial charge in [-0.25, -0.2) is 37.8 Å². The molecule has 11 rings (SSSR count). The Morgan fingerprint density at radius 2 is 1.11 bits per heavy atom. The minimum atomic E-state index is -1.19. The summed E-state index contributed by atoms with van der Waals surface area (Å²) in [6.45, 7) is 15.4. The van der Waals surface area contributed by atoms with Crippen LogP contribution in [0.3, 0.4) is 0 Å². The van der Waals surface area contributed by atoms with Crippen molar-refractivity contribution in [3.8, 4) is 21.9 Å². The third-order valence-corrected chi connectivity index (χ3v) is 17.6. The summed E-state index contributed by atoms with van der Waals surface area (Å²) in [6.07, 6.45) is 15.1. The standard InChI is InChI=1S/C50H28F4N4O2S3/c1-57-35(21-55)39-25-17-31(51)33(53)19-27(25)44(59)29(39)13-23-14-37-41(49(23)9-5-3-6-10-49)42-47(62-37)48-43(50(42)11-7-4-8-12-50)46-38(63-48)16-24(61-46)15-30-40(36(22-56)58-2)26-18-32(52)34(54)20-28(26)45(30)60/h13-20H,3-12H2/b29-13-,30-15+,39-35+,40-36?. The Balaban J connectivity index is 1.07. The molecule has 2 fully saturated rings. The maximum Gasteiger partial charge on any atom is 0.270 e. The van der Waals surface area contributed by atoms with E-state index in [1.807, 2.05) is 18.2 Å². The highest BCUT2D eigenvalue weighted by atomic mass is 32.1. The molecule has 0 bridgehead atoms. The number of nitrogens with zero attached hydrogens (tertiary/aromatic N) is 4. The Labute approximate surface area is 370 Å². The second-order valence-electron chi connectivity index (χ2n) is 16.9. The molecule has 0 unspecified atom stereocenters. The van der Waals surface area contributed by atoms with Gasteiger partial charge >= 0.3 is 0 Å². The van der Waals surface area contributed by atoms with E-state index < -0.39 is 40.3 Å². The molecular formula is C50H28F4N4O2S3. The number of halogens is 4. The van der Waals surface area contributed by atoms with Crippen molar-refractivity contribution in [2.75, 3.05) is 0 Å². The van der Waals surface area contributed by atoms with E-state index in [2.05, 4.69) is 15.8 Å². The van der Waals surface area contributed by atoms with Crippen LogP contribution in [-0.2, 0) is 10.8 Å². The van der Waals surface area contributed by atoms with E-state index in [9.17, 15) is 37.7 Å². The first-order chi connectivity index (χ1) is 30.5. The van der Waals surface area contributed by atoms with Gasteiger partial charge in [0.25, 0.3) is 11.4 Å². The van der Waals surface area contributed by atoms with Crippen molar-refractivity contribution in [2.24, 2.45) is 0 Å². The summed E-state index contributed by atoms with van der Waals surface area (Å²) in [4.78, 5) is 39.0. The zero-order valence-electron chi connectivity index (χ0n) is 33.0. The molecular weight excluding hydrogens is 861 g/mol. The van der Waals surface area contributed by atoms with Crippen molar-refractivity contribution in [1.29, 1.82) is 10.5 Å². The first kappa shape index (κ1) is 39.4. The van der Waals surface area contributed by atoms with Crippen molar-refractivity contribution in [1.82, 2.24) is 0 Å². The summed E-state index contributed by atoms with van der Waals surface area (Å²) in [5.74, 6) is -5.86. The van der Waals surface area contributed by atoms with Gasteiger partial charge in [0, 0.05) is 69.1 Å². The SMILES string of the molecule is [C-]#[N+]C(C#N)=C1/C(=C\c2cc3sc4c(c3s2)C2(CCCCC2)c2c-4sc3c2C2(CCCCC2)C(/C=C2\C(=O)c4cc(F)c(F)cc4\C2=C(\C#N)[N+]#[C-])=C3)C(=O)c2cc(F)c(F)cc21. The predicted molar refractivity (Wildman–Crippen MR) is 235 cm³/mol. The van der Waals surface area contributed by atoms with Crippen LogP contribution in [0.4, 0.5) is 17.6 Å². The molecule has 2 aromatic carbocycles. The quantitative estimate of drug-likeness (QED) is 0.0764. The van der Waals surface area contributed by atoms with Gasteiger partial charge in [0.15, 0.2) is 34.8 Å². The first-order valence-corrected chi connectivity index (χ1v) is 23.0. The van der Waals surface area contributed by atoms with Gasteiger partial charge in [-0.3, -0.25) is 9.59 Å². The number of hydrogen-bond donors (Lipinski definition) is 0. The van der Waals surface area contributed by atoms with E-state index in [0.29, 0.717) is 4.88 Å². The number of fused-ring (bicyclic) bond motifs is 12. The summed E-state index contributed by atoms with van der Waals surface area (Å²) in [5.41, 5.74) is 3.27. The van der Waals surface area contributed by atoms with Crippen LogP contribution in [0.25, 0.3) is 52.1 Å². The first-order valence-electron chi connectivity index (χ1n) is 20.5. The average Bonchev–Trinajstić information content (AvgIpc) is 4.13. The van der Waals surface area contributed by atoms with E-state index in [1.165, 1.54) is 37.8 Å². The van der Waals surface area contributed by atoms with Crippen LogP contribution in [-0.4, -0.2) is 11.6 Å². The van der Waals surface area contributed by atoms with E-state index in [-0.39, 0.29) is 61.4 Å². The van der Waals surface area contributed by atoms with Crippen LogP contribution in [0.5, 0.6) is 0 Å². The Kier molecular flexibility index (Phi) is 8.76. The maximum absolute atomic E-state index is 14.7. The fourth-order valence-electron chi connectivity index (χ4n) is 11.3. The Bertz CT molecular complexity index is 3350. The number of carbonyl (C=O) groups is 2. The molecule has 0 radical (unpaired) electrons. The zero-order valence-corrected chi connectivity index (χ0v) is 35.5. The lowest BCUT2D eigenvalue weighted by atomic mass is 9.61. The molecule has 0 N–H and O–H groups in total. The van der Waals surface area contributed by atoms with Gasteiger partial charge in [-0.2, -0.15) is 0 Å². The van der Waals surface area contributed by atoms with Gasteiger partial charge in [0.2, 0.25) is 0 Å². The Hall–Kier alpha value is -6.48. The highest BCUT2D eigenvalue weighted by Gasteiger charge is 2.55. The molecule has 6 aliphatic carbocycles. The van der Waals surface area contributed by atoms with Crippen LogP contribution in [0.2, 0.25) is 0 Å². The molecule has 3 heterocycles. The van der Waals surface area contributed by atoms with Crippen molar-refractivity contribution in [2.45, 2.75) is 75.0 Å². The van der Waals surface area contributed by atoms with Crippen LogP contribution in [0.1, 0.15) is 122 Å². The second-order valence-corrected chi connectivity index (χ2v) is 20.1.